The van der Waals surface area contributed by atoms with Crippen molar-refractivity contribution in [3.8, 4) is 0 Å². The molecule has 2 aromatic rings. The lowest BCUT2D eigenvalue weighted by atomic mass is 10.1. The van der Waals surface area contributed by atoms with Crippen molar-refractivity contribution in [2.75, 3.05) is 6.54 Å². The van der Waals surface area contributed by atoms with Crippen LogP contribution >= 0.6 is 0 Å². The van der Waals surface area contributed by atoms with Gasteiger partial charge in [-0.25, -0.2) is 0 Å². The van der Waals surface area contributed by atoms with Gasteiger partial charge in [-0.15, -0.1) is 0 Å². The monoisotopic (exact) mass is 231 g/mol. The van der Waals surface area contributed by atoms with E-state index in [-0.39, 0.29) is 0 Å². The van der Waals surface area contributed by atoms with Crippen molar-refractivity contribution in [1.29, 1.82) is 0 Å². The van der Waals surface area contributed by atoms with Crippen molar-refractivity contribution in [3.05, 3.63) is 35.6 Å². The summed E-state index contributed by atoms with van der Waals surface area (Å²) in [6.45, 7) is 6.12. The maximum atomic E-state index is 5.77. The van der Waals surface area contributed by atoms with Crippen LogP contribution < -0.4 is 5.32 Å². The topological polar surface area (TPSA) is 25.2 Å². The smallest absolute Gasteiger partial charge is 0.134 e. The molecule has 0 radical (unpaired) electrons. The van der Waals surface area contributed by atoms with Gasteiger partial charge in [-0.2, -0.15) is 0 Å². The molecule has 0 saturated heterocycles. The summed E-state index contributed by atoms with van der Waals surface area (Å²) in [5.41, 5.74) is 2.41. The molecule has 0 aliphatic heterocycles. The van der Waals surface area contributed by atoms with E-state index in [0.29, 0.717) is 0 Å². The summed E-state index contributed by atoms with van der Waals surface area (Å²) in [6.07, 6.45) is 3.67. The minimum absolute atomic E-state index is 0.815. The van der Waals surface area contributed by atoms with Crippen molar-refractivity contribution in [3.63, 3.8) is 0 Å². The van der Waals surface area contributed by atoms with Gasteiger partial charge in [0.05, 0.1) is 6.54 Å². The van der Waals surface area contributed by atoms with Crippen molar-refractivity contribution in [1.82, 2.24) is 5.32 Å². The first-order chi connectivity index (χ1) is 8.33. The molecule has 1 heterocycles. The third-order valence-electron chi connectivity index (χ3n) is 3.00. The lowest BCUT2D eigenvalue weighted by Crippen LogP contribution is -2.10. The van der Waals surface area contributed by atoms with Gasteiger partial charge in [-0.3, -0.25) is 0 Å². The quantitative estimate of drug-likeness (QED) is 0.816. The fraction of sp³-hybridized carbons (Fsp3) is 0.467. The molecule has 1 aromatic carbocycles. The van der Waals surface area contributed by atoms with E-state index in [0.717, 1.165) is 24.4 Å². The third-order valence-corrected chi connectivity index (χ3v) is 3.00. The highest BCUT2D eigenvalue weighted by molar-refractivity contribution is 5.78. The molecule has 2 nitrogen and oxygen atoms in total. The summed E-state index contributed by atoms with van der Waals surface area (Å²) < 4.78 is 5.77. The largest absolute Gasteiger partial charge is 0.460 e. The fourth-order valence-electron chi connectivity index (χ4n) is 2.02. The van der Waals surface area contributed by atoms with E-state index in [4.69, 9.17) is 4.42 Å². The zero-order valence-electron chi connectivity index (χ0n) is 10.8. The fourth-order valence-corrected chi connectivity index (χ4v) is 2.02. The van der Waals surface area contributed by atoms with E-state index in [9.17, 15) is 0 Å². The van der Waals surface area contributed by atoms with Gasteiger partial charge in [0.2, 0.25) is 0 Å². The molecule has 0 bridgehead atoms. The van der Waals surface area contributed by atoms with E-state index in [1.165, 1.54) is 30.2 Å². The second-order valence-corrected chi connectivity index (χ2v) is 4.47. The van der Waals surface area contributed by atoms with Crippen molar-refractivity contribution in [2.24, 2.45) is 0 Å². The number of furan rings is 1. The number of hydrogen-bond acceptors (Lipinski definition) is 2. The molecule has 0 spiro atoms. The van der Waals surface area contributed by atoms with Gasteiger partial charge in [0, 0.05) is 5.39 Å². The standard InChI is InChI=1S/C15H21NO/c1-3-5-6-12-7-8-15-13(9-12)10-14(17-15)11-16-4-2/h7-10,16H,3-6,11H2,1-2H3. The van der Waals surface area contributed by atoms with Gasteiger partial charge in [0.25, 0.3) is 0 Å². The maximum Gasteiger partial charge on any atom is 0.134 e. The first-order valence-electron chi connectivity index (χ1n) is 6.55. The summed E-state index contributed by atoms with van der Waals surface area (Å²) in [6, 6.07) is 8.67. The van der Waals surface area contributed by atoms with Gasteiger partial charge in [0.1, 0.15) is 11.3 Å². The highest BCUT2D eigenvalue weighted by atomic mass is 16.3. The molecule has 0 amide bonds. The minimum atomic E-state index is 0.815. The summed E-state index contributed by atoms with van der Waals surface area (Å²) in [5.74, 6) is 1.02. The average molecular weight is 231 g/mol. The Morgan fingerprint density at radius 2 is 2.06 bits per heavy atom. The Bertz CT molecular complexity index is 467. The Labute approximate surface area is 103 Å². The summed E-state index contributed by atoms with van der Waals surface area (Å²) >= 11 is 0. The molecular weight excluding hydrogens is 210 g/mol. The van der Waals surface area contributed by atoms with E-state index in [1.54, 1.807) is 0 Å². The minimum Gasteiger partial charge on any atom is -0.460 e. The van der Waals surface area contributed by atoms with E-state index in [2.05, 4.69) is 43.4 Å². The first-order valence-corrected chi connectivity index (χ1v) is 6.55. The third kappa shape index (κ3) is 3.10. The summed E-state index contributed by atoms with van der Waals surface area (Å²) in [5, 5.41) is 4.51. The number of hydrogen-bond donors (Lipinski definition) is 1. The molecule has 92 valence electrons. The first kappa shape index (κ1) is 12.2. The Balaban J connectivity index is 2.15. The second-order valence-electron chi connectivity index (χ2n) is 4.47. The molecule has 1 N–H and O–H groups in total. The predicted molar refractivity (Wildman–Crippen MR) is 72.2 cm³/mol. The molecule has 2 heteroatoms. The van der Waals surface area contributed by atoms with Crippen LogP contribution in [0.4, 0.5) is 0 Å². The molecule has 2 rings (SSSR count). The molecule has 1 aromatic heterocycles. The number of aryl methyl sites for hydroxylation is 1. The molecule has 0 fully saturated rings. The second kappa shape index (κ2) is 5.87. The Morgan fingerprint density at radius 3 is 2.82 bits per heavy atom. The van der Waals surface area contributed by atoms with Crippen LogP contribution in [0.1, 0.15) is 38.0 Å². The van der Waals surface area contributed by atoms with Crippen LogP contribution in [0, 0.1) is 0 Å². The summed E-state index contributed by atoms with van der Waals surface area (Å²) in [7, 11) is 0. The van der Waals surface area contributed by atoms with Gasteiger partial charge in [0.15, 0.2) is 0 Å². The highest BCUT2D eigenvalue weighted by Gasteiger charge is 2.04. The predicted octanol–water partition coefficient (Wildman–Crippen LogP) is 3.88. The van der Waals surface area contributed by atoms with Crippen LogP contribution in [-0.2, 0) is 13.0 Å². The van der Waals surface area contributed by atoms with Crippen LogP contribution in [0.2, 0.25) is 0 Å². The van der Waals surface area contributed by atoms with E-state index >= 15 is 0 Å². The van der Waals surface area contributed by atoms with E-state index < -0.39 is 0 Å². The molecular formula is C15H21NO. The van der Waals surface area contributed by atoms with Crippen LogP contribution in [-0.4, -0.2) is 6.54 Å². The SMILES string of the molecule is CCCCc1ccc2oc(CNCC)cc2c1. The Morgan fingerprint density at radius 1 is 1.18 bits per heavy atom. The molecule has 0 atom stereocenters. The Kier molecular flexibility index (Phi) is 4.21. The van der Waals surface area contributed by atoms with Gasteiger partial charge >= 0.3 is 0 Å². The lowest BCUT2D eigenvalue weighted by Gasteiger charge is -1.98. The van der Waals surface area contributed by atoms with Gasteiger partial charge in [-0.05, 0) is 43.1 Å². The van der Waals surface area contributed by atoms with Crippen LogP contribution in [0.15, 0.2) is 28.7 Å². The summed E-state index contributed by atoms with van der Waals surface area (Å²) in [4.78, 5) is 0. The zero-order valence-corrected chi connectivity index (χ0v) is 10.8. The molecule has 0 aliphatic rings. The van der Waals surface area contributed by atoms with Crippen molar-refractivity contribution >= 4 is 11.0 Å². The van der Waals surface area contributed by atoms with Gasteiger partial charge < -0.3 is 9.73 Å². The molecule has 0 aliphatic carbocycles. The zero-order chi connectivity index (χ0) is 12.1. The molecule has 0 saturated carbocycles. The van der Waals surface area contributed by atoms with Crippen LogP contribution in [0.25, 0.3) is 11.0 Å². The number of fused-ring (bicyclic) bond motifs is 1. The van der Waals surface area contributed by atoms with Crippen LogP contribution in [0.3, 0.4) is 0 Å². The average Bonchev–Trinajstić information content (AvgIpc) is 2.75. The van der Waals surface area contributed by atoms with Gasteiger partial charge in [-0.1, -0.05) is 26.3 Å². The normalized spacial score (nSPS) is 11.2. The maximum absolute atomic E-state index is 5.77. The molecule has 17 heavy (non-hydrogen) atoms. The number of unbranched alkanes of at least 4 members (excludes halogenated alkanes) is 1. The molecule has 0 unspecified atom stereocenters. The lowest BCUT2D eigenvalue weighted by molar-refractivity contribution is 0.520. The number of benzene rings is 1. The van der Waals surface area contributed by atoms with E-state index in [1.807, 2.05) is 0 Å². The van der Waals surface area contributed by atoms with Crippen molar-refractivity contribution in [2.45, 2.75) is 39.7 Å². The number of nitrogens with one attached hydrogen (secondary N) is 1. The van der Waals surface area contributed by atoms with Crippen LogP contribution in [0.5, 0.6) is 0 Å². The Hall–Kier alpha value is -1.28. The van der Waals surface area contributed by atoms with Crippen molar-refractivity contribution < 1.29 is 4.42 Å². The highest BCUT2D eigenvalue weighted by Crippen LogP contribution is 2.21. The number of rotatable bonds is 6.